The van der Waals surface area contributed by atoms with Crippen molar-refractivity contribution in [1.82, 2.24) is 10.2 Å². The van der Waals surface area contributed by atoms with Gasteiger partial charge in [0.25, 0.3) is 5.91 Å². The summed E-state index contributed by atoms with van der Waals surface area (Å²) in [5.74, 6) is -3.45. The maximum absolute atomic E-state index is 13.7. The molecule has 2 amide bonds. The molecule has 3 rings (SSSR count). The SMILES string of the molecule is CC(C)(C)N(CC(=O)O)C(=O)C(NC(=O)OCC1c2ccccc2-c2ccccc21)C(F)(F)F. The molecule has 0 saturated carbocycles. The van der Waals surface area contributed by atoms with Gasteiger partial charge in [-0.2, -0.15) is 13.2 Å². The van der Waals surface area contributed by atoms with E-state index < -0.39 is 42.3 Å². The summed E-state index contributed by atoms with van der Waals surface area (Å²) in [6.45, 7) is 3.00. The highest BCUT2D eigenvalue weighted by atomic mass is 19.4. The second-order valence-electron chi connectivity index (χ2n) is 8.93. The van der Waals surface area contributed by atoms with E-state index in [4.69, 9.17) is 9.84 Å². The molecule has 1 atom stereocenters. The Balaban J connectivity index is 1.76. The van der Waals surface area contributed by atoms with Crippen LogP contribution in [0, 0.1) is 0 Å². The van der Waals surface area contributed by atoms with E-state index in [2.05, 4.69) is 0 Å². The molecule has 2 aromatic carbocycles. The predicted octanol–water partition coefficient (Wildman–Crippen LogP) is 4.17. The third kappa shape index (κ3) is 5.32. The summed E-state index contributed by atoms with van der Waals surface area (Å²) in [4.78, 5) is 36.7. The summed E-state index contributed by atoms with van der Waals surface area (Å²) in [7, 11) is 0. The van der Waals surface area contributed by atoms with Crippen LogP contribution in [0.4, 0.5) is 18.0 Å². The number of alkyl carbamates (subject to hydrolysis) is 1. The highest BCUT2D eigenvalue weighted by Crippen LogP contribution is 2.44. The molecule has 1 aliphatic carbocycles. The van der Waals surface area contributed by atoms with Gasteiger partial charge in [-0.1, -0.05) is 48.5 Å². The molecule has 0 fully saturated rings. The van der Waals surface area contributed by atoms with E-state index in [1.165, 1.54) is 20.8 Å². The lowest BCUT2D eigenvalue weighted by atomic mass is 9.98. The Morgan fingerprint density at radius 3 is 1.94 bits per heavy atom. The molecule has 0 saturated heterocycles. The van der Waals surface area contributed by atoms with Crippen molar-refractivity contribution in [2.45, 2.75) is 44.4 Å². The number of nitrogens with zero attached hydrogens (tertiary/aromatic N) is 1. The first kappa shape index (κ1) is 25.1. The van der Waals surface area contributed by atoms with Gasteiger partial charge in [-0.25, -0.2) is 4.79 Å². The Morgan fingerprint density at radius 1 is 1.00 bits per heavy atom. The highest BCUT2D eigenvalue weighted by Gasteiger charge is 2.50. The molecule has 0 heterocycles. The molecule has 0 aliphatic heterocycles. The van der Waals surface area contributed by atoms with Crippen molar-refractivity contribution < 1.29 is 37.4 Å². The Labute approximate surface area is 194 Å². The third-order valence-electron chi connectivity index (χ3n) is 5.55. The minimum atomic E-state index is -5.16. The molecule has 1 unspecified atom stereocenters. The predicted molar refractivity (Wildman–Crippen MR) is 117 cm³/mol. The minimum absolute atomic E-state index is 0.239. The summed E-state index contributed by atoms with van der Waals surface area (Å²) in [6.07, 6.45) is -6.59. The van der Waals surface area contributed by atoms with Crippen molar-refractivity contribution in [3.63, 3.8) is 0 Å². The number of carbonyl (C=O) groups excluding carboxylic acids is 2. The quantitative estimate of drug-likeness (QED) is 0.650. The van der Waals surface area contributed by atoms with Crippen molar-refractivity contribution in [3.05, 3.63) is 59.7 Å². The average molecular weight is 478 g/mol. The first-order valence-corrected chi connectivity index (χ1v) is 10.5. The zero-order valence-corrected chi connectivity index (χ0v) is 18.8. The van der Waals surface area contributed by atoms with Crippen LogP contribution < -0.4 is 5.32 Å². The molecule has 0 spiro atoms. The van der Waals surface area contributed by atoms with Crippen molar-refractivity contribution in [2.24, 2.45) is 0 Å². The lowest BCUT2D eigenvalue weighted by Gasteiger charge is -2.37. The maximum Gasteiger partial charge on any atom is 0.417 e. The van der Waals surface area contributed by atoms with Gasteiger partial charge in [-0.15, -0.1) is 0 Å². The number of aliphatic carboxylic acids is 1. The Hall–Kier alpha value is -3.56. The fourth-order valence-corrected chi connectivity index (χ4v) is 3.98. The van der Waals surface area contributed by atoms with Crippen LogP contribution in [0.1, 0.15) is 37.8 Å². The van der Waals surface area contributed by atoms with Gasteiger partial charge in [0, 0.05) is 11.5 Å². The number of rotatable bonds is 6. The Morgan fingerprint density at radius 2 is 1.50 bits per heavy atom. The first-order chi connectivity index (χ1) is 15.8. The molecule has 34 heavy (non-hydrogen) atoms. The topological polar surface area (TPSA) is 95.9 Å². The largest absolute Gasteiger partial charge is 0.480 e. The van der Waals surface area contributed by atoms with E-state index in [0.717, 1.165) is 22.3 Å². The lowest BCUT2D eigenvalue weighted by Crippen LogP contribution is -2.60. The van der Waals surface area contributed by atoms with E-state index in [-0.39, 0.29) is 12.5 Å². The minimum Gasteiger partial charge on any atom is -0.480 e. The number of nitrogens with one attached hydrogen (secondary N) is 1. The van der Waals surface area contributed by atoms with Crippen molar-refractivity contribution in [3.8, 4) is 11.1 Å². The number of fused-ring (bicyclic) bond motifs is 3. The van der Waals surface area contributed by atoms with Crippen LogP contribution in [0.25, 0.3) is 11.1 Å². The smallest absolute Gasteiger partial charge is 0.417 e. The fourth-order valence-electron chi connectivity index (χ4n) is 3.98. The van der Waals surface area contributed by atoms with E-state index in [9.17, 15) is 27.6 Å². The number of halogens is 3. The van der Waals surface area contributed by atoms with E-state index >= 15 is 0 Å². The highest BCUT2D eigenvalue weighted by molar-refractivity contribution is 5.89. The zero-order valence-electron chi connectivity index (χ0n) is 18.8. The molecule has 7 nitrogen and oxygen atoms in total. The molecule has 0 aromatic heterocycles. The normalized spacial score (nSPS) is 14.1. The number of alkyl halides is 3. The molecule has 0 radical (unpaired) electrons. The second kappa shape index (κ2) is 9.36. The van der Waals surface area contributed by atoms with Crippen LogP contribution in [0.2, 0.25) is 0 Å². The fraction of sp³-hybridized carbons (Fsp3) is 0.375. The number of carboxylic acid groups (broad SMARTS) is 1. The van der Waals surface area contributed by atoms with Gasteiger partial charge in [0.2, 0.25) is 6.04 Å². The zero-order chi connectivity index (χ0) is 25.3. The van der Waals surface area contributed by atoms with E-state index in [0.29, 0.717) is 4.90 Å². The molecule has 10 heteroatoms. The maximum atomic E-state index is 13.7. The second-order valence-corrected chi connectivity index (χ2v) is 8.93. The number of carbonyl (C=O) groups is 3. The molecule has 182 valence electrons. The molecular weight excluding hydrogens is 453 g/mol. The molecular formula is C24H25F3N2O5. The average Bonchev–Trinajstić information content (AvgIpc) is 3.06. The van der Waals surface area contributed by atoms with Gasteiger partial charge in [-0.3, -0.25) is 9.59 Å². The molecule has 2 aromatic rings. The first-order valence-electron chi connectivity index (χ1n) is 10.5. The van der Waals surface area contributed by atoms with Crippen LogP contribution in [-0.2, 0) is 14.3 Å². The lowest BCUT2D eigenvalue weighted by molar-refractivity contribution is -0.179. The van der Waals surface area contributed by atoms with Gasteiger partial charge in [0.15, 0.2) is 0 Å². The van der Waals surface area contributed by atoms with Crippen LogP contribution in [0.15, 0.2) is 48.5 Å². The van der Waals surface area contributed by atoms with E-state index in [1.807, 2.05) is 48.5 Å². The van der Waals surface area contributed by atoms with Gasteiger partial charge >= 0.3 is 18.2 Å². The summed E-state index contributed by atoms with van der Waals surface area (Å²) >= 11 is 0. The standard InChI is InChI=1S/C24H25F3N2O5/c1-23(2,3)29(12-19(30)31)21(32)20(24(25,26)27)28-22(33)34-13-18-16-10-6-4-8-14(16)15-9-5-7-11-17(15)18/h4-11,18,20H,12-13H2,1-3H3,(H,28,33)(H,30,31). The van der Waals surface area contributed by atoms with Gasteiger partial charge in [-0.05, 0) is 43.0 Å². The van der Waals surface area contributed by atoms with Crippen LogP contribution >= 0.6 is 0 Å². The number of amides is 2. The van der Waals surface area contributed by atoms with Crippen LogP contribution in [0.5, 0.6) is 0 Å². The summed E-state index contributed by atoms with van der Waals surface area (Å²) < 4.78 is 46.2. The monoisotopic (exact) mass is 478 g/mol. The Kier molecular flexibility index (Phi) is 6.90. The Bertz CT molecular complexity index is 1050. The van der Waals surface area contributed by atoms with Crippen molar-refractivity contribution in [2.75, 3.05) is 13.2 Å². The molecule has 2 N–H and O–H groups in total. The van der Waals surface area contributed by atoms with Crippen LogP contribution in [0.3, 0.4) is 0 Å². The number of ether oxygens (including phenoxy) is 1. The van der Waals surface area contributed by atoms with E-state index in [1.54, 1.807) is 5.32 Å². The van der Waals surface area contributed by atoms with Crippen molar-refractivity contribution in [1.29, 1.82) is 0 Å². The van der Waals surface area contributed by atoms with Gasteiger partial charge in [0.05, 0.1) is 0 Å². The summed E-state index contributed by atoms with van der Waals surface area (Å²) in [5, 5.41) is 10.6. The third-order valence-corrected chi connectivity index (χ3v) is 5.55. The van der Waals surface area contributed by atoms with Gasteiger partial charge < -0.3 is 20.1 Å². The number of hydrogen-bond donors (Lipinski definition) is 2. The molecule has 1 aliphatic rings. The number of hydrogen-bond acceptors (Lipinski definition) is 4. The van der Waals surface area contributed by atoms with Crippen molar-refractivity contribution >= 4 is 18.0 Å². The summed E-state index contributed by atoms with van der Waals surface area (Å²) in [5.41, 5.74) is 2.41. The van der Waals surface area contributed by atoms with Crippen LogP contribution in [-0.4, -0.2) is 58.9 Å². The summed E-state index contributed by atoms with van der Waals surface area (Å²) in [6, 6.07) is 12.0. The number of carboxylic acids is 1. The van der Waals surface area contributed by atoms with Gasteiger partial charge in [0.1, 0.15) is 13.2 Å². The molecule has 0 bridgehead atoms. The number of benzene rings is 2.